The minimum absolute atomic E-state index is 0.351. The second kappa shape index (κ2) is 6.35. The van der Waals surface area contributed by atoms with Crippen LogP contribution >= 0.6 is 0 Å². The number of fused-ring (bicyclic) bond motifs is 2. The number of hydrogen-bond donors (Lipinski definition) is 0. The van der Waals surface area contributed by atoms with E-state index in [0.29, 0.717) is 33.5 Å². The predicted molar refractivity (Wildman–Crippen MR) is 112 cm³/mol. The van der Waals surface area contributed by atoms with Crippen molar-refractivity contribution < 1.29 is 4.43 Å². The summed E-state index contributed by atoms with van der Waals surface area (Å²) in [5, 5.41) is 15.3. The van der Waals surface area contributed by atoms with Gasteiger partial charge in [0, 0.05) is 16.5 Å². The highest BCUT2D eigenvalue weighted by atomic mass is 16.5. The Hall–Kier alpha value is -3.92. The van der Waals surface area contributed by atoms with Crippen molar-refractivity contribution in [3.05, 3.63) is 107 Å². The molecule has 0 spiro atoms. The molecule has 0 atom stereocenters. The molecule has 0 unspecified atom stereocenters. The van der Waals surface area contributed by atoms with Crippen molar-refractivity contribution in [1.29, 1.82) is 0 Å². The molecular formula is C24H16N2O2. The van der Waals surface area contributed by atoms with Crippen LogP contribution in [0.5, 0.6) is 0 Å². The SMILES string of the molecule is O=[n+]1c(-c2ccccc2)c(-c2ccccc2)n([O-])c2cc3ccccc3cc21. The van der Waals surface area contributed by atoms with Crippen molar-refractivity contribution in [2.75, 3.05) is 0 Å². The minimum atomic E-state index is 0.351. The third kappa shape index (κ3) is 2.47. The lowest BCUT2D eigenvalue weighted by molar-refractivity contribution is -0.451. The highest BCUT2D eigenvalue weighted by Gasteiger charge is 2.25. The van der Waals surface area contributed by atoms with Gasteiger partial charge in [-0.25, -0.2) is 0 Å². The fourth-order valence-corrected chi connectivity index (χ4v) is 3.67. The van der Waals surface area contributed by atoms with E-state index in [0.717, 1.165) is 19.9 Å². The summed E-state index contributed by atoms with van der Waals surface area (Å²) in [6.45, 7) is 0. The van der Waals surface area contributed by atoms with Crippen molar-refractivity contribution in [2.24, 2.45) is 0 Å². The van der Waals surface area contributed by atoms with E-state index in [2.05, 4.69) is 0 Å². The van der Waals surface area contributed by atoms with Crippen molar-refractivity contribution >= 4 is 21.8 Å². The van der Waals surface area contributed by atoms with Gasteiger partial charge < -0.3 is 9.94 Å². The van der Waals surface area contributed by atoms with Gasteiger partial charge in [-0.1, -0.05) is 72.8 Å². The van der Waals surface area contributed by atoms with Crippen LogP contribution in [-0.2, 0) is 0 Å². The zero-order valence-corrected chi connectivity index (χ0v) is 14.9. The summed E-state index contributed by atoms with van der Waals surface area (Å²) in [6.07, 6.45) is 0. The second-order valence-electron chi connectivity index (χ2n) is 6.71. The Morgan fingerprint density at radius 2 is 1.21 bits per heavy atom. The Labute approximate surface area is 161 Å². The number of benzene rings is 4. The topological polar surface area (TPSA) is 51.0 Å². The summed E-state index contributed by atoms with van der Waals surface area (Å²) >= 11 is 0. The smallest absolute Gasteiger partial charge is 0.294 e. The Morgan fingerprint density at radius 3 is 1.86 bits per heavy atom. The molecule has 0 saturated carbocycles. The number of rotatable bonds is 2. The first-order chi connectivity index (χ1) is 13.7. The fourth-order valence-electron chi connectivity index (χ4n) is 3.67. The van der Waals surface area contributed by atoms with Gasteiger partial charge in [-0.15, -0.1) is 0 Å². The summed E-state index contributed by atoms with van der Waals surface area (Å²) in [5.41, 5.74) is 2.82. The summed E-state index contributed by atoms with van der Waals surface area (Å²) in [5.74, 6) is 0. The van der Waals surface area contributed by atoms with Crippen LogP contribution in [0.3, 0.4) is 0 Å². The normalized spacial score (nSPS) is 11.1. The van der Waals surface area contributed by atoms with Gasteiger partial charge in [0.05, 0.1) is 9.99 Å². The van der Waals surface area contributed by atoms with Crippen LogP contribution < -0.4 is 4.43 Å². The molecule has 4 heteroatoms. The van der Waals surface area contributed by atoms with Crippen LogP contribution in [0.4, 0.5) is 0 Å². The first-order valence-corrected chi connectivity index (χ1v) is 9.06. The molecule has 4 aromatic carbocycles. The summed E-state index contributed by atoms with van der Waals surface area (Å²) in [6, 6.07) is 29.9. The van der Waals surface area contributed by atoms with E-state index >= 15 is 0 Å². The molecule has 0 radical (unpaired) electrons. The molecule has 0 aliphatic heterocycles. The molecule has 1 aromatic heterocycles. The first-order valence-electron chi connectivity index (χ1n) is 9.06. The van der Waals surface area contributed by atoms with Crippen molar-refractivity contribution in [3.63, 3.8) is 0 Å². The molecule has 0 saturated heterocycles. The zero-order valence-electron chi connectivity index (χ0n) is 14.9. The lowest BCUT2D eigenvalue weighted by Crippen LogP contribution is -2.23. The van der Waals surface area contributed by atoms with Gasteiger partial charge in [-0.05, 0) is 29.0 Å². The molecule has 0 amide bonds. The maximum absolute atomic E-state index is 13.5. The van der Waals surface area contributed by atoms with E-state index in [-0.39, 0.29) is 0 Å². The Morgan fingerprint density at radius 1 is 0.679 bits per heavy atom. The summed E-state index contributed by atoms with van der Waals surface area (Å²) in [7, 11) is 0. The molecule has 0 aliphatic carbocycles. The number of aromatic nitrogens is 2. The molecule has 0 bridgehead atoms. The van der Waals surface area contributed by atoms with Gasteiger partial charge in [0.15, 0.2) is 0 Å². The lowest BCUT2D eigenvalue weighted by Gasteiger charge is -2.20. The molecule has 5 rings (SSSR count). The molecule has 5 aromatic rings. The van der Waals surface area contributed by atoms with Crippen molar-refractivity contribution in [3.8, 4) is 22.5 Å². The van der Waals surface area contributed by atoms with E-state index in [1.807, 2.05) is 84.9 Å². The van der Waals surface area contributed by atoms with Crippen LogP contribution in [0.1, 0.15) is 0 Å². The maximum Gasteiger partial charge on any atom is 0.294 e. The second-order valence-corrected chi connectivity index (χ2v) is 6.71. The monoisotopic (exact) mass is 364 g/mol. The van der Waals surface area contributed by atoms with E-state index in [1.165, 1.54) is 0 Å². The van der Waals surface area contributed by atoms with Gasteiger partial charge in [0.25, 0.3) is 11.2 Å². The molecule has 0 N–H and O–H groups in total. The zero-order chi connectivity index (χ0) is 19.1. The standard InChI is InChI=1S/C24H16N2O2/c27-25-21-15-19-13-7-8-14-20(19)16-22(21)26(28)24(18-11-5-2-6-12-18)23(25)17-9-3-1-4-10-17/h1-16H. The third-order valence-corrected chi connectivity index (χ3v) is 5.01. The molecular weight excluding hydrogens is 348 g/mol. The Kier molecular flexibility index (Phi) is 3.69. The summed E-state index contributed by atoms with van der Waals surface area (Å²) < 4.78 is 1.77. The largest absolute Gasteiger partial charge is 0.805 e. The molecule has 4 nitrogen and oxygen atoms in total. The minimum Gasteiger partial charge on any atom is -0.805 e. The molecule has 0 fully saturated rings. The van der Waals surface area contributed by atoms with Crippen molar-refractivity contribution in [2.45, 2.75) is 0 Å². The Balaban J connectivity index is 1.99. The first kappa shape index (κ1) is 16.3. The average Bonchev–Trinajstić information content (AvgIpc) is 2.76. The van der Waals surface area contributed by atoms with Crippen LogP contribution in [-0.4, -0.2) is 4.73 Å². The van der Waals surface area contributed by atoms with Crippen LogP contribution in [0.2, 0.25) is 0 Å². The van der Waals surface area contributed by atoms with Gasteiger partial charge >= 0.3 is 0 Å². The number of hydrogen-bond acceptors (Lipinski definition) is 2. The predicted octanol–water partition coefficient (Wildman–Crippen LogP) is 5.39. The van der Waals surface area contributed by atoms with Crippen LogP contribution in [0, 0.1) is 10.1 Å². The highest BCUT2D eigenvalue weighted by molar-refractivity contribution is 5.95. The fraction of sp³-hybridized carbons (Fsp3) is 0. The lowest BCUT2D eigenvalue weighted by atomic mass is 10.0. The highest BCUT2D eigenvalue weighted by Crippen LogP contribution is 2.32. The molecule has 134 valence electrons. The third-order valence-electron chi connectivity index (χ3n) is 5.01. The van der Waals surface area contributed by atoms with Crippen molar-refractivity contribution in [1.82, 2.24) is 4.73 Å². The molecule has 0 aliphatic rings. The van der Waals surface area contributed by atoms with E-state index in [9.17, 15) is 10.1 Å². The molecule has 28 heavy (non-hydrogen) atoms. The van der Waals surface area contributed by atoms with E-state index < -0.39 is 0 Å². The van der Waals surface area contributed by atoms with Gasteiger partial charge in [0.1, 0.15) is 11.2 Å². The van der Waals surface area contributed by atoms with E-state index in [4.69, 9.17) is 0 Å². The van der Waals surface area contributed by atoms with Gasteiger partial charge in [-0.2, -0.15) is 0 Å². The van der Waals surface area contributed by atoms with Crippen LogP contribution in [0.25, 0.3) is 44.3 Å². The summed E-state index contributed by atoms with van der Waals surface area (Å²) in [4.78, 5) is 13.5. The quantitative estimate of drug-likeness (QED) is 0.311. The maximum atomic E-state index is 13.5. The number of nitrogens with zero attached hydrogens (tertiary/aromatic N) is 2. The van der Waals surface area contributed by atoms with E-state index in [1.54, 1.807) is 12.1 Å². The molecule has 1 heterocycles. The van der Waals surface area contributed by atoms with Crippen LogP contribution in [0.15, 0.2) is 97.1 Å². The Bertz CT molecular complexity index is 1370. The van der Waals surface area contributed by atoms with Gasteiger partial charge in [-0.3, -0.25) is 0 Å². The van der Waals surface area contributed by atoms with Gasteiger partial charge in [0.2, 0.25) is 0 Å². The average molecular weight is 364 g/mol.